The quantitative estimate of drug-likeness (QED) is 0.783. The molecule has 3 rings (SSSR count). The van der Waals surface area contributed by atoms with Crippen molar-refractivity contribution in [2.75, 3.05) is 39.8 Å². The van der Waals surface area contributed by atoms with Gasteiger partial charge in [0.05, 0.1) is 12.2 Å². The van der Waals surface area contributed by atoms with E-state index >= 15 is 0 Å². The number of rotatable bonds is 7. The van der Waals surface area contributed by atoms with Gasteiger partial charge in [-0.1, -0.05) is 6.92 Å². The van der Waals surface area contributed by atoms with Crippen LogP contribution in [0.25, 0.3) is 0 Å². The van der Waals surface area contributed by atoms with Crippen LogP contribution in [0.1, 0.15) is 47.7 Å². The molecule has 1 aromatic heterocycles. The van der Waals surface area contributed by atoms with E-state index in [9.17, 15) is 0 Å². The van der Waals surface area contributed by atoms with Crippen molar-refractivity contribution in [3.8, 4) is 0 Å². The molecule has 118 valence electrons. The summed E-state index contributed by atoms with van der Waals surface area (Å²) in [7, 11) is 2.21. The molecular weight excluding hydrogens is 280 g/mol. The molecule has 1 aliphatic heterocycles. The molecule has 0 amide bonds. The molecule has 1 saturated carbocycles. The molecule has 4 nitrogen and oxygen atoms in total. The molecule has 2 aliphatic rings. The largest absolute Gasteiger partial charge is 0.312 e. The Morgan fingerprint density at radius 1 is 1.24 bits per heavy atom. The summed E-state index contributed by atoms with van der Waals surface area (Å²) in [6, 6.07) is 0. The Morgan fingerprint density at radius 2 is 2.00 bits per heavy atom. The predicted octanol–water partition coefficient (Wildman–Crippen LogP) is 2.27. The standard InChI is InChI=1S/C16H28N4S/c1-3-6-17-11-14-16(13-4-5-13)18-15(21-14)12-20-9-7-19(2)8-10-20/h13,17H,3-12H2,1-2H3. The Balaban J connectivity index is 1.61. The summed E-state index contributed by atoms with van der Waals surface area (Å²) in [6.45, 7) is 10.1. The first-order valence-corrected chi connectivity index (χ1v) is 9.18. The molecule has 1 N–H and O–H groups in total. The van der Waals surface area contributed by atoms with Crippen LogP contribution in [0.2, 0.25) is 0 Å². The molecular formula is C16H28N4S. The van der Waals surface area contributed by atoms with Crippen molar-refractivity contribution in [1.82, 2.24) is 20.1 Å². The van der Waals surface area contributed by atoms with Gasteiger partial charge in [0.15, 0.2) is 0 Å². The van der Waals surface area contributed by atoms with E-state index in [2.05, 4.69) is 29.1 Å². The van der Waals surface area contributed by atoms with E-state index in [1.54, 1.807) is 0 Å². The number of piperazine rings is 1. The highest BCUT2D eigenvalue weighted by molar-refractivity contribution is 7.11. The van der Waals surface area contributed by atoms with Gasteiger partial charge in [0, 0.05) is 43.5 Å². The van der Waals surface area contributed by atoms with Gasteiger partial charge in [0.2, 0.25) is 0 Å². The van der Waals surface area contributed by atoms with E-state index in [0.717, 1.165) is 25.6 Å². The number of hydrogen-bond acceptors (Lipinski definition) is 5. The first-order valence-electron chi connectivity index (χ1n) is 8.36. The first kappa shape index (κ1) is 15.4. The van der Waals surface area contributed by atoms with Crippen molar-refractivity contribution in [3.63, 3.8) is 0 Å². The molecule has 0 unspecified atom stereocenters. The fourth-order valence-corrected chi connectivity index (χ4v) is 4.03. The lowest BCUT2D eigenvalue weighted by Gasteiger charge is -2.31. The highest BCUT2D eigenvalue weighted by Crippen LogP contribution is 2.42. The van der Waals surface area contributed by atoms with Crippen LogP contribution in [0.3, 0.4) is 0 Å². The molecule has 0 atom stereocenters. The van der Waals surface area contributed by atoms with Crippen LogP contribution in [0.15, 0.2) is 0 Å². The van der Waals surface area contributed by atoms with E-state index in [4.69, 9.17) is 4.98 Å². The fraction of sp³-hybridized carbons (Fsp3) is 0.812. The van der Waals surface area contributed by atoms with Gasteiger partial charge in [-0.2, -0.15) is 0 Å². The summed E-state index contributed by atoms with van der Waals surface area (Å²) in [5, 5.41) is 4.88. The van der Waals surface area contributed by atoms with Gasteiger partial charge < -0.3 is 10.2 Å². The molecule has 0 bridgehead atoms. The van der Waals surface area contributed by atoms with Crippen LogP contribution in [0, 0.1) is 0 Å². The van der Waals surface area contributed by atoms with E-state index in [1.807, 2.05) is 11.3 Å². The van der Waals surface area contributed by atoms with Crippen molar-refractivity contribution in [3.05, 3.63) is 15.6 Å². The third-order valence-electron chi connectivity index (χ3n) is 4.40. The average Bonchev–Trinajstić information content (AvgIpc) is 3.25. The zero-order valence-electron chi connectivity index (χ0n) is 13.4. The number of likely N-dealkylation sites (N-methyl/N-ethyl adjacent to an activating group) is 1. The second-order valence-electron chi connectivity index (χ2n) is 6.45. The second kappa shape index (κ2) is 7.18. The summed E-state index contributed by atoms with van der Waals surface area (Å²) < 4.78 is 0. The van der Waals surface area contributed by atoms with Crippen LogP contribution in [-0.2, 0) is 13.1 Å². The minimum absolute atomic E-state index is 0.765. The number of thiazole rings is 1. The third-order valence-corrected chi connectivity index (χ3v) is 5.46. The van der Waals surface area contributed by atoms with Crippen molar-refractivity contribution in [1.29, 1.82) is 0 Å². The maximum atomic E-state index is 4.99. The van der Waals surface area contributed by atoms with E-state index in [1.165, 1.54) is 61.0 Å². The highest BCUT2D eigenvalue weighted by atomic mass is 32.1. The van der Waals surface area contributed by atoms with Gasteiger partial charge in [0.1, 0.15) is 5.01 Å². The summed E-state index contributed by atoms with van der Waals surface area (Å²) in [4.78, 5) is 11.4. The molecule has 0 radical (unpaired) electrons. The van der Waals surface area contributed by atoms with Gasteiger partial charge in [-0.3, -0.25) is 4.90 Å². The maximum Gasteiger partial charge on any atom is 0.107 e. The summed E-state index contributed by atoms with van der Waals surface area (Å²) >= 11 is 1.94. The van der Waals surface area contributed by atoms with E-state index in [-0.39, 0.29) is 0 Å². The summed E-state index contributed by atoms with van der Waals surface area (Å²) in [6.07, 6.45) is 3.89. The number of hydrogen-bond donors (Lipinski definition) is 1. The maximum absolute atomic E-state index is 4.99. The normalized spacial score (nSPS) is 21.0. The zero-order valence-corrected chi connectivity index (χ0v) is 14.2. The topological polar surface area (TPSA) is 31.4 Å². The molecule has 2 heterocycles. The van der Waals surface area contributed by atoms with Crippen molar-refractivity contribution < 1.29 is 0 Å². The third kappa shape index (κ3) is 4.25. The Labute approximate surface area is 132 Å². The summed E-state index contributed by atoms with van der Waals surface area (Å²) in [5.41, 5.74) is 1.41. The SMILES string of the molecule is CCCNCc1sc(CN2CCN(C)CC2)nc1C1CC1. The van der Waals surface area contributed by atoms with Crippen LogP contribution < -0.4 is 5.32 Å². The lowest BCUT2D eigenvalue weighted by Crippen LogP contribution is -2.43. The van der Waals surface area contributed by atoms with E-state index < -0.39 is 0 Å². The highest BCUT2D eigenvalue weighted by Gasteiger charge is 2.29. The lowest BCUT2D eigenvalue weighted by atomic mass is 10.2. The van der Waals surface area contributed by atoms with Crippen LogP contribution in [0.4, 0.5) is 0 Å². The van der Waals surface area contributed by atoms with Crippen molar-refractivity contribution in [2.24, 2.45) is 0 Å². The lowest BCUT2D eigenvalue weighted by molar-refractivity contribution is 0.148. The van der Waals surface area contributed by atoms with Crippen molar-refractivity contribution in [2.45, 2.75) is 45.2 Å². The number of aromatic nitrogens is 1. The average molecular weight is 308 g/mol. The minimum Gasteiger partial charge on any atom is -0.312 e. The Hall–Kier alpha value is -0.490. The molecule has 0 aromatic carbocycles. The van der Waals surface area contributed by atoms with Crippen LogP contribution in [-0.4, -0.2) is 54.6 Å². The minimum atomic E-state index is 0.765. The molecule has 1 aliphatic carbocycles. The molecule has 5 heteroatoms. The predicted molar refractivity (Wildman–Crippen MR) is 88.9 cm³/mol. The van der Waals surface area contributed by atoms with Gasteiger partial charge in [-0.25, -0.2) is 4.98 Å². The molecule has 0 spiro atoms. The monoisotopic (exact) mass is 308 g/mol. The van der Waals surface area contributed by atoms with Crippen molar-refractivity contribution >= 4 is 11.3 Å². The molecule has 21 heavy (non-hydrogen) atoms. The Morgan fingerprint density at radius 3 is 2.67 bits per heavy atom. The van der Waals surface area contributed by atoms with Gasteiger partial charge in [-0.05, 0) is 32.9 Å². The molecule has 2 fully saturated rings. The van der Waals surface area contributed by atoms with Gasteiger partial charge >= 0.3 is 0 Å². The van der Waals surface area contributed by atoms with Crippen LogP contribution >= 0.6 is 11.3 Å². The summed E-state index contributed by atoms with van der Waals surface area (Å²) in [5.74, 6) is 0.765. The van der Waals surface area contributed by atoms with E-state index in [0.29, 0.717) is 0 Å². The number of nitrogens with zero attached hydrogens (tertiary/aromatic N) is 3. The molecule has 1 aromatic rings. The molecule has 1 saturated heterocycles. The second-order valence-corrected chi connectivity index (χ2v) is 7.61. The van der Waals surface area contributed by atoms with Crippen LogP contribution in [0.5, 0.6) is 0 Å². The Bertz CT molecular complexity index is 447. The number of nitrogens with one attached hydrogen (secondary N) is 1. The smallest absolute Gasteiger partial charge is 0.107 e. The van der Waals surface area contributed by atoms with Gasteiger partial charge in [-0.15, -0.1) is 11.3 Å². The first-order chi connectivity index (χ1) is 10.3. The Kier molecular flexibility index (Phi) is 5.27. The zero-order chi connectivity index (χ0) is 14.7. The van der Waals surface area contributed by atoms with Gasteiger partial charge in [0.25, 0.3) is 0 Å². The fourth-order valence-electron chi connectivity index (χ4n) is 2.86.